The van der Waals surface area contributed by atoms with Gasteiger partial charge in [-0.1, -0.05) is 27.4 Å². The molecule has 0 aliphatic rings. The molecule has 0 aliphatic carbocycles. The number of halogens is 6. The molecule has 0 amide bonds. The van der Waals surface area contributed by atoms with Gasteiger partial charge >= 0.3 is 18.3 Å². The fraction of sp³-hybridized carbons (Fsp3) is 0.786. The van der Waals surface area contributed by atoms with Crippen LogP contribution in [0.15, 0.2) is 12.2 Å². The van der Waals surface area contributed by atoms with Gasteiger partial charge in [0.25, 0.3) is 5.60 Å². The quantitative estimate of drug-likeness (QED) is 0.447. The summed E-state index contributed by atoms with van der Waals surface area (Å²) in [7, 11) is 0. The van der Waals surface area contributed by atoms with Crippen molar-refractivity contribution in [3.05, 3.63) is 12.2 Å². The maximum atomic E-state index is 12.8. The molecule has 9 heteroatoms. The third-order valence-corrected chi connectivity index (χ3v) is 3.68. The minimum Gasteiger partial charge on any atom is -0.459 e. The van der Waals surface area contributed by atoms with Gasteiger partial charge in [-0.25, -0.2) is 4.79 Å². The van der Waals surface area contributed by atoms with Crippen LogP contribution >= 0.6 is 0 Å². The van der Waals surface area contributed by atoms with Crippen molar-refractivity contribution in [2.45, 2.75) is 58.2 Å². The van der Waals surface area contributed by atoms with Crippen molar-refractivity contribution >= 4 is 5.97 Å². The van der Waals surface area contributed by atoms with E-state index in [0.29, 0.717) is 0 Å². The zero-order valence-corrected chi connectivity index (χ0v) is 13.2. The second-order valence-electron chi connectivity index (χ2n) is 5.89. The number of ether oxygens (including phenoxy) is 1. The topological polar surface area (TPSA) is 46.5 Å². The van der Waals surface area contributed by atoms with Crippen molar-refractivity contribution in [1.29, 1.82) is 0 Å². The smallest absolute Gasteiger partial charge is 0.426 e. The zero-order chi connectivity index (χ0) is 18.8. The molecule has 0 aromatic rings. The van der Waals surface area contributed by atoms with Crippen LogP contribution in [-0.2, 0) is 9.53 Å². The first-order valence-corrected chi connectivity index (χ1v) is 6.77. The highest BCUT2D eigenvalue weighted by atomic mass is 19.4. The fourth-order valence-electron chi connectivity index (χ4n) is 1.69. The Morgan fingerprint density at radius 3 is 1.74 bits per heavy atom. The van der Waals surface area contributed by atoms with E-state index in [1.807, 2.05) is 0 Å². The molecule has 0 aromatic carbocycles. The van der Waals surface area contributed by atoms with E-state index in [4.69, 9.17) is 4.74 Å². The predicted octanol–water partition coefficient (Wildman–Crippen LogP) is 4.01. The van der Waals surface area contributed by atoms with Gasteiger partial charge in [-0.3, -0.25) is 0 Å². The highest BCUT2D eigenvalue weighted by Gasteiger charge is 2.71. The molecule has 0 saturated carbocycles. The standard InChI is InChI=1S/C14H20F6O3/c1-7(2)9(5)10(23-11(21)8(3)4)6-12(22,13(15,16)17)14(18,19)20/h7,9-10,22H,3,6H2,1-2,4-5H3. The minimum atomic E-state index is -5.96. The molecule has 0 spiro atoms. The van der Waals surface area contributed by atoms with E-state index in [1.54, 1.807) is 13.8 Å². The molecule has 0 rings (SSSR count). The lowest BCUT2D eigenvalue weighted by Gasteiger charge is -2.37. The molecule has 3 nitrogen and oxygen atoms in total. The second kappa shape index (κ2) is 7.11. The Bertz CT molecular complexity index is 425. The molecule has 0 aromatic heterocycles. The second-order valence-corrected chi connectivity index (χ2v) is 5.89. The number of carbonyl (C=O) groups is 1. The van der Waals surface area contributed by atoms with Gasteiger partial charge in [-0.2, -0.15) is 26.3 Å². The number of hydrogen-bond acceptors (Lipinski definition) is 3. The summed E-state index contributed by atoms with van der Waals surface area (Å²) >= 11 is 0. The van der Waals surface area contributed by atoms with Crippen molar-refractivity contribution in [2.24, 2.45) is 11.8 Å². The first-order chi connectivity index (χ1) is 10.0. The van der Waals surface area contributed by atoms with Crippen molar-refractivity contribution in [2.75, 3.05) is 0 Å². The van der Waals surface area contributed by atoms with E-state index in [1.165, 1.54) is 13.8 Å². The molecule has 0 saturated heterocycles. The first-order valence-electron chi connectivity index (χ1n) is 6.77. The van der Waals surface area contributed by atoms with Gasteiger partial charge in [0.1, 0.15) is 6.10 Å². The lowest BCUT2D eigenvalue weighted by Crippen LogP contribution is -2.59. The van der Waals surface area contributed by atoms with Crippen molar-refractivity contribution in [3.63, 3.8) is 0 Å². The van der Waals surface area contributed by atoms with Gasteiger partial charge in [0.2, 0.25) is 0 Å². The minimum absolute atomic E-state index is 0.173. The van der Waals surface area contributed by atoms with Crippen LogP contribution in [0, 0.1) is 11.8 Å². The summed E-state index contributed by atoms with van der Waals surface area (Å²) in [4.78, 5) is 11.5. The summed E-state index contributed by atoms with van der Waals surface area (Å²) < 4.78 is 81.5. The summed E-state index contributed by atoms with van der Waals surface area (Å²) in [5, 5.41) is 9.27. The predicted molar refractivity (Wildman–Crippen MR) is 70.4 cm³/mol. The monoisotopic (exact) mass is 350 g/mol. The van der Waals surface area contributed by atoms with Gasteiger partial charge in [-0.15, -0.1) is 0 Å². The largest absolute Gasteiger partial charge is 0.459 e. The third kappa shape index (κ3) is 5.12. The maximum Gasteiger partial charge on any atom is 0.426 e. The van der Waals surface area contributed by atoms with Crippen LogP contribution < -0.4 is 0 Å². The molecule has 0 bridgehead atoms. The average Bonchev–Trinajstić information content (AvgIpc) is 2.33. The molecule has 2 atom stereocenters. The van der Waals surface area contributed by atoms with E-state index >= 15 is 0 Å². The van der Waals surface area contributed by atoms with Gasteiger partial charge in [-0.05, 0) is 18.8 Å². The Kier molecular flexibility index (Phi) is 6.72. The highest BCUT2D eigenvalue weighted by molar-refractivity contribution is 5.87. The molecule has 2 unspecified atom stereocenters. The Balaban J connectivity index is 5.72. The average molecular weight is 350 g/mol. The van der Waals surface area contributed by atoms with Gasteiger partial charge < -0.3 is 9.84 Å². The van der Waals surface area contributed by atoms with Crippen LogP contribution in [0.5, 0.6) is 0 Å². The highest BCUT2D eigenvalue weighted by Crippen LogP contribution is 2.47. The Labute approximate surface area is 130 Å². The summed E-state index contributed by atoms with van der Waals surface area (Å²) in [5.74, 6) is -2.35. The Morgan fingerprint density at radius 1 is 1.09 bits per heavy atom. The van der Waals surface area contributed by atoms with E-state index < -0.39 is 42.4 Å². The van der Waals surface area contributed by atoms with Crippen LogP contribution in [-0.4, -0.2) is 35.1 Å². The van der Waals surface area contributed by atoms with Gasteiger partial charge in [0, 0.05) is 12.0 Å². The summed E-state index contributed by atoms with van der Waals surface area (Å²) in [6.07, 6.45) is -15.5. The zero-order valence-electron chi connectivity index (χ0n) is 13.2. The molecular formula is C14H20F6O3. The van der Waals surface area contributed by atoms with Crippen molar-refractivity contribution in [1.82, 2.24) is 0 Å². The maximum absolute atomic E-state index is 12.8. The van der Waals surface area contributed by atoms with Crippen LogP contribution in [0.4, 0.5) is 26.3 Å². The van der Waals surface area contributed by atoms with Crippen LogP contribution in [0.25, 0.3) is 0 Å². The van der Waals surface area contributed by atoms with E-state index in [2.05, 4.69) is 6.58 Å². The van der Waals surface area contributed by atoms with E-state index in [0.717, 1.165) is 0 Å². The van der Waals surface area contributed by atoms with Crippen LogP contribution in [0.1, 0.15) is 34.1 Å². The number of aliphatic hydroxyl groups is 1. The SMILES string of the molecule is C=C(C)C(=O)OC(CC(O)(C(F)(F)F)C(F)(F)F)C(C)C(C)C. The van der Waals surface area contributed by atoms with Gasteiger partial charge in [0.05, 0.1) is 0 Å². The number of carbonyl (C=O) groups excluding carboxylic acids is 1. The molecule has 0 radical (unpaired) electrons. The molecule has 23 heavy (non-hydrogen) atoms. The van der Waals surface area contributed by atoms with Crippen LogP contribution in [0.3, 0.4) is 0 Å². The number of esters is 1. The summed E-state index contributed by atoms with van der Waals surface area (Å²) in [6, 6.07) is 0. The molecule has 0 fully saturated rings. The Hall–Kier alpha value is -1.25. The normalized spacial score (nSPS) is 16.2. The van der Waals surface area contributed by atoms with Gasteiger partial charge in [0.15, 0.2) is 0 Å². The van der Waals surface area contributed by atoms with Crippen LogP contribution in [0.2, 0.25) is 0 Å². The summed E-state index contributed by atoms with van der Waals surface area (Å²) in [5.41, 5.74) is -5.14. The Morgan fingerprint density at radius 2 is 1.48 bits per heavy atom. The first kappa shape index (κ1) is 21.8. The molecule has 1 N–H and O–H groups in total. The number of rotatable bonds is 6. The summed E-state index contributed by atoms with van der Waals surface area (Å²) in [6.45, 7) is 8.87. The fourth-order valence-corrected chi connectivity index (χ4v) is 1.69. The third-order valence-electron chi connectivity index (χ3n) is 3.68. The number of hydrogen-bond donors (Lipinski definition) is 1. The lowest BCUT2D eigenvalue weighted by atomic mass is 9.84. The molecular weight excluding hydrogens is 330 g/mol. The van der Waals surface area contributed by atoms with E-state index in [-0.39, 0.29) is 11.5 Å². The molecule has 0 aliphatic heterocycles. The molecule has 0 heterocycles. The lowest BCUT2D eigenvalue weighted by molar-refractivity contribution is -0.375. The van der Waals surface area contributed by atoms with E-state index in [9.17, 15) is 36.2 Å². The van der Waals surface area contributed by atoms with Crippen molar-refractivity contribution < 1.29 is 41.0 Å². The van der Waals surface area contributed by atoms with Crippen molar-refractivity contribution in [3.8, 4) is 0 Å². The number of alkyl halides is 6. The molecule has 136 valence electrons.